The van der Waals surface area contributed by atoms with Crippen LogP contribution in [0.15, 0.2) is 24.8 Å². The summed E-state index contributed by atoms with van der Waals surface area (Å²) in [5.74, 6) is -1.54. The molecule has 0 aliphatic carbocycles. The van der Waals surface area contributed by atoms with Gasteiger partial charge in [0.05, 0.1) is 0 Å². The van der Waals surface area contributed by atoms with Crippen LogP contribution in [0, 0.1) is 11.6 Å². The van der Waals surface area contributed by atoms with E-state index in [0.29, 0.717) is 6.07 Å². The van der Waals surface area contributed by atoms with Gasteiger partial charge in [-0.15, -0.1) is 0 Å². The van der Waals surface area contributed by atoms with Gasteiger partial charge in [0, 0.05) is 12.1 Å². The molecule has 0 unspecified atom stereocenters. The summed E-state index contributed by atoms with van der Waals surface area (Å²) in [5.41, 5.74) is 5.10. The number of hydrogen-bond donors (Lipinski definition) is 1. The highest BCUT2D eigenvalue weighted by Crippen LogP contribution is 2.25. The number of hydrogen-bond acceptors (Lipinski definition) is 2. The minimum absolute atomic E-state index is 0.00241. The van der Waals surface area contributed by atoms with E-state index in [1.165, 1.54) is 6.08 Å². The average molecular weight is 185 g/mol. The molecule has 0 fully saturated rings. The van der Waals surface area contributed by atoms with Gasteiger partial charge in [-0.2, -0.15) is 0 Å². The van der Waals surface area contributed by atoms with Gasteiger partial charge >= 0.3 is 0 Å². The van der Waals surface area contributed by atoms with Crippen molar-refractivity contribution in [2.24, 2.45) is 0 Å². The van der Waals surface area contributed by atoms with E-state index < -0.39 is 11.6 Å². The lowest BCUT2D eigenvalue weighted by Gasteiger charge is -2.07. The molecule has 2 N–H and O–H groups in total. The maximum absolute atomic E-state index is 12.8. The molecule has 0 radical (unpaired) electrons. The fourth-order valence-electron chi connectivity index (χ4n) is 0.829. The van der Waals surface area contributed by atoms with Crippen molar-refractivity contribution >= 4 is 5.69 Å². The van der Waals surface area contributed by atoms with Crippen molar-refractivity contribution in [3.05, 3.63) is 36.4 Å². The first-order valence-corrected chi connectivity index (χ1v) is 3.63. The molecule has 0 aliphatic heterocycles. The third-order valence-corrected chi connectivity index (χ3v) is 1.41. The second-order valence-electron chi connectivity index (χ2n) is 2.40. The van der Waals surface area contributed by atoms with Crippen LogP contribution in [0.1, 0.15) is 0 Å². The Kier molecular flexibility index (Phi) is 2.84. The summed E-state index contributed by atoms with van der Waals surface area (Å²) in [6.45, 7) is 3.56. The fraction of sp³-hybridized carbons (Fsp3) is 0.111. The zero-order valence-electron chi connectivity index (χ0n) is 6.89. The predicted molar refractivity (Wildman–Crippen MR) is 46.5 cm³/mol. The molecule has 2 nitrogen and oxygen atoms in total. The molecule has 0 bridgehead atoms. The molecule has 0 aliphatic rings. The van der Waals surface area contributed by atoms with Crippen LogP contribution in [0.3, 0.4) is 0 Å². The lowest BCUT2D eigenvalue weighted by Crippen LogP contribution is -2.00. The van der Waals surface area contributed by atoms with Crippen LogP contribution in [-0.4, -0.2) is 6.61 Å². The lowest BCUT2D eigenvalue weighted by atomic mass is 10.3. The monoisotopic (exact) mass is 185 g/mol. The Labute approximate surface area is 74.6 Å². The largest absolute Gasteiger partial charge is 0.487 e. The van der Waals surface area contributed by atoms with E-state index in [1.807, 2.05) is 0 Å². The van der Waals surface area contributed by atoms with Gasteiger partial charge in [0.2, 0.25) is 0 Å². The zero-order valence-corrected chi connectivity index (χ0v) is 6.89. The minimum atomic E-state index is -0.820. The quantitative estimate of drug-likeness (QED) is 0.578. The number of nitrogens with two attached hydrogens (primary N) is 1. The highest BCUT2D eigenvalue weighted by molar-refractivity contribution is 5.53. The van der Waals surface area contributed by atoms with Crippen molar-refractivity contribution in [2.45, 2.75) is 0 Å². The van der Waals surface area contributed by atoms with Crippen molar-refractivity contribution in [1.82, 2.24) is 0 Å². The molecule has 0 saturated carbocycles. The van der Waals surface area contributed by atoms with Crippen LogP contribution in [0.4, 0.5) is 14.5 Å². The molecule has 0 atom stereocenters. The molecule has 0 spiro atoms. The molecule has 70 valence electrons. The molecule has 0 amide bonds. The Hall–Kier alpha value is -1.58. The standard InChI is InChI=1S/C9H9F2NO/c1-2-3-13-8-5-6(10)4-7(11)9(8)12/h2,4-5H,1,3,12H2. The van der Waals surface area contributed by atoms with E-state index in [2.05, 4.69) is 6.58 Å². The van der Waals surface area contributed by atoms with Gasteiger partial charge in [0.15, 0.2) is 5.82 Å². The van der Waals surface area contributed by atoms with Crippen LogP contribution in [0.2, 0.25) is 0 Å². The van der Waals surface area contributed by atoms with E-state index in [0.717, 1.165) is 6.07 Å². The lowest BCUT2D eigenvalue weighted by molar-refractivity contribution is 0.360. The maximum atomic E-state index is 12.8. The third-order valence-electron chi connectivity index (χ3n) is 1.41. The van der Waals surface area contributed by atoms with Gasteiger partial charge in [0.1, 0.15) is 23.9 Å². The number of ether oxygens (including phenoxy) is 1. The highest BCUT2D eigenvalue weighted by Gasteiger charge is 2.08. The van der Waals surface area contributed by atoms with Crippen molar-refractivity contribution in [3.63, 3.8) is 0 Å². The predicted octanol–water partition coefficient (Wildman–Crippen LogP) is 2.11. The van der Waals surface area contributed by atoms with Crippen molar-refractivity contribution in [1.29, 1.82) is 0 Å². The average Bonchev–Trinajstić information content (AvgIpc) is 2.09. The Morgan fingerprint density at radius 2 is 2.15 bits per heavy atom. The molecular formula is C9H9F2NO. The second-order valence-corrected chi connectivity index (χ2v) is 2.40. The Balaban J connectivity index is 2.98. The first-order valence-electron chi connectivity index (χ1n) is 3.63. The molecule has 0 aromatic heterocycles. The van der Waals surface area contributed by atoms with Crippen molar-refractivity contribution < 1.29 is 13.5 Å². The third kappa shape index (κ3) is 2.18. The van der Waals surface area contributed by atoms with Crippen molar-refractivity contribution in [3.8, 4) is 5.75 Å². The number of nitrogen functional groups attached to an aromatic ring is 1. The normalized spacial score (nSPS) is 9.69. The van der Waals surface area contributed by atoms with Crippen LogP contribution in [0.5, 0.6) is 5.75 Å². The van der Waals surface area contributed by atoms with Crippen LogP contribution in [0.25, 0.3) is 0 Å². The second kappa shape index (κ2) is 3.89. The smallest absolute Gasteiger partial charge is 0.152 e. The number of benzene rings is 1. The Morgan fingerprint density at radius 1 is 1.46 bits per heavy atom. The molecular weight excluding hydrogens is 176 g/mol. The first kappa shape index (κ1) is 9.51. The number of halogens is 2. The zero-order chi connectivity index (χ0) is 9.84. The summed E-state index contributed by atoms with van der Waals surface area (Å²) < 4.78 is 30.4. The van der Waals surface area contributed by atoms with Gasteiger partial charge < -0.3 is 10.5 Å². The Morgan fingerprint density at radius 3 is 2.77 bits per heavy atom. The van der Waals surface area contributed by atoms with E-state index in [4.69, 9.17) is 10.5 Å². The number of anilines is 1. The van der Waals surface area contributed by atoms with Crippen LogP contribution < -0.4 is 10.5 Å². The molecule has 1 aromatic carbocycles. The van der Waals surface area contributed by atoms with Crippen LogP contribution in [-0.2, 0) is 0 Å². The van der Waals surface area contributed by atoms with E-state index in [9.17, 15) is 8.78 Å². The topological polar surface area (TPSA) is 35.2 Å². The fourth-order valence-corrected chi connectivity index (χ4v) is 0.829. The van der Waals surface area contributed by atoms with Gasteiger partial charge in [-0.25, -0.2) is 8.78 Å². The SMILES string of the molecule is C=CCOc1cc(F)cc(F)c1N. The maximum Gasteiger partial charge on any atom is 0.152 e. The van der Waals surface area contributed by atoms with Gasteiger partial charge in [-0.05, 0) is 0 Å². The van der Waals surface area contributed by atoms with E-state index in [1.54, 1.807) is 0 Å². The minimum Gasteiger partial charge on any atom is -0.487 e. The molecule has 4 heteroatoms. The number of rotatable bonds is 3. The van der Waals surface area contributed by atoms with E-state index in [-0.39, 0.29) is 18.0 Å². The molecule has 13 heavy (non-hydrogen) atoms. The van der Waals surface area contributed by atoms with Gasteiger partial charge in [-0.1, -0.05) is 12.7 Å². The van der Waals surface area contributed by atoms with Gasteiger partial charge in [0.25, 0.3) is 0 Å². The molecule has 0 heterocycles. The summed E-state index contributed by atoms with van der Waals surface area (Å²) in [4.78, 5) is 0. The first-order chi connectivity index (χ1) is 6.15. The van der Waals surface area contributed by atoms with Crippen LogP contribution >= 0.6 is 0 Å². The Bertz CT molecular complexity index is 326. The summed E-state index contributed by atoms with van der Waals surface area (Å²) in [7, 11) is 0. The van der Waals surface area contributed by atoms with E-state index >= 15 is 0 Å². The summed E-state index contributed by atoms with van der Waals surface area (Å²) in [5, 5.41) is 0. The molecule has 0 saturated heterocycles. The van der Waals surface area contributed by atoms with Gasteiger partial charge in [-0.3, -0.25) is 0 Å². The highest BCUT2D eigenvalue weighted by atomic mass is 19.1. The summed E-state index contributed by atoms with van der Waals surface area (Å²) in [6.07, 6.45) is 1.46. The molecule has 1 aromatic rings. The summed E-state index contributed by atoms with van der Waals surface area (Å²) >= 11 is 0. The molecule has 1 rings (SSSR count). The summed E-state index contributed by atoms with van der Waals surface area (Å²) in [6, 6.07) is 1.73. The van der Waals surface area contributed by atoms with Crippen molar-refractivity contribution in [2.75, 3.05) is 12.3 Å².